The predicted molar refractivity (Wildman–Crippen MR) is 108 cm³/mol. The second kappa shape index (κ2) is 8.34. The predicted octanol–water partition coefficient (Wildman–Crippen LogP) is 0.755. The molecule has 1 amide bonds. The molecule has 1 aliphatic rings. The van der Waals surface area contributed by atoms with E-state index in [0.29, 0.717) is 23.5 Å². The summed E-state index contributed by atoms with van der Waals surface area (Å²) in [5.74, 6) is 0.0491. The zero-order chi connectivity index (χ0) is 21.3. The first-order chi connectivity index (χ1) is 14.5. The van der Waals surface area contributed by atoms with E-state index in [2.05, 4.69) is 25.6 Å². The van der Waals surface area contributed by atoms with Crippen molar-refractivity contribution >= 4 is 22.9 Å². The Balaban J connectivity index is 1.61. The van der Waals surface area contributed by atoms with Gasteiger partial charge in [-0.05, 0) is 19.4 Å². The van der Waals surface area contributed by atoms with E-state index in [1.54, 1.807) is 6.92 Å². The number of fused-ring (bicyclic) bond motifs is 1. The molecular formula is C20H24N6O4. The van der Waals surface area contributed by atoms with Gasteiger partial charge in [0, 0.05) is 6.54 Å². The monoisotopic (exact) mass is 412 g/mol. The third kappa shape index (κ3) is 3.60. The molecule has 0 saturated carbocycles. The van der Waals surface area contributed by atoms with Gasteiger partial charge in [0.05, 0.1) is 12.4 Å². The van der Waals surface area contributed by atoms with Gasteiger partial charge in [-0.1, -0.05) is 30.3 Å². The molecule has 158 valence electrons. The summed E-state index contributed by atoms with van der Waals surface area (Å²) in [6.07, 6.45) is -2.02. The highest BCUT2D eigenvalue weighted by molar-refractivity contribution is 5.83. The number of carbonyl (C=O) groups excluding carboxylic acids is 1. The molecule has 0 bridgehead atoms. The molecule has 2 aromatic heterocycles. The zero-order valence-corrected chi connectivity index (χ0v) is 16.6. The summed E-state index contributed by atoms with van der Waals surface area (Å²) >= 11 is 0. The number of likely N-dealkylation sites (N-methyl/N-ethyl adjacent to an activating group) is 1. The van der Waals surface area contributed by atoms with Gasteiger partial charge in [0.15, 0.2) is 29.3 Å². The van der Waals surface area contributed by atoms with E-state index < -0.39 is 30.4 Å². The van der Waals surface area contributed by atoms with Crippen molar-refractivity contribution in [1.29, 1.82) is 0 Å². The van der Waals surface area contributed by atoms with Gasteiger partial charge >= 0.3 is 0 Å². The summed E-state index contributed by atoms with van der Waals surface area (Å²) in [5.41, 5.74) is 2.00. The van der Waals surface area contributed by atoms with Crippen LogP contribution < -0.4 is 10.6 Å². The summed E-state index contributed by atoms with van der Waals surface area (Å²) in [4.78, 5) is 25.1. The Morgan fingerprint density at radius 2 is 1.97 bits per heavy atom. The SMILES string of the molecule is CCNC(=O)[C@@H]1O[C@H](n2cnc3c(N[C@H](C)c4ccccc4)ncnc32)[C@@H](O)[C@@H]1O. The normalized spacial score (nSPS) is 24.7. The van der Waals surface area contributed by atoms with E-state index in [-0.39, 0.29) is 6.04 Å². The number of nitrogens with zero attached hydrogens (tertiary/aromatic N) is 4. The third-order valence-corrected chi connectivity index (χ3v) is 5.13. The Hall–Kier alpha value is -3.08. The number of carbonyl (C=O) groups is 1. The minimum absolute atomic E-state index is 0.0216. The third-order valence-electron chi connectivity index (χ3n) is 5.13. The topological polar surface area (TPSA) is 134 Å². The molecule has 5 atom stereocenters. The van der Waals surface area contributed by atoms with E-state index in [1.165, 1.54) is 17.2 Å². The fourth-order valence-electron chi connectivity index (χ4n) is 3.55. The second-order valence-corrected chi connectivity index (χ2v) is 7.15. The number of hydrogen-bond acceptors (Lipinski definition) is 8. The van der Waals surface area contributed by atoms with E-state index in [9.17, 15) is 15.0 Å². The van der Waals surface area contributed by atoms with Crippen LogP contribution in [0.5, 0.6) is 0 Å². The number of imidazole rings is 1. The zero-order valence-electron chi connectivity index (χ0n) is 16.6. The Bertz CT molecular complexity index is 1030. The highest BCUT2D eigenvalue weighted by atomic mass is 16.6. The molecule has 3 heterocycles. The number of rotatable bonds is 6. The maximum absolute atomic E-state index is 12.1. The largest absolute Gasteiger partial charge is 0.387 e. The van der Waals surface area contributed by atoms with Crippen molar-refractivity contribution < 1.29 is 19.7 Å². The number of amides is 1. The van der Waals surface area contributed by atoms with Crippen LogP contribution in [-0.4, -0.2) is 60.5 Å². The van der Waals surface area contributed by atoms with Crippen LogP contribution in [0.15, 0.2) is 43.0 Å². The number of ether oxygens (including phenoxy) is 1. The molecule has 1 aromatic carbocycles. The highest BCUT2D eigenvalue weighted by Gasteiger charge is 2.47. The first-order valence-corrected chi connectivity index (χ1v) is 9.79. The summed E-state index contributed by atoms with van der Waals surface area (Å²) in [6, 6.07) is 9.89. The maximum atomic E-state index is 12.1. The molecule has 1 saturated heterocycles. The van der Waals surface area contributed by atoms with Crippen molar-refractivity contribution in [3.8, 4) is 0 Å². The average molecular weight is 412 g/mol. The Labute approximate surface area is 172 Å². The quantitative estimate of drug-likeness (QED) is 0.466. The minimum Gasteiger partial charge on any atom is -0.387 e. The average Bonchev–Trinajstić information content (AvgIpc) is 3.31. The Morgan fingerprint density at radius 1 is 1.20 bits per heavy atom. The van der Waals surface area contributed by atoms with Crippen LogP contribution in [0, 0.1) is 0 Å². The van der Waals surface area contributed by atoms with E-state index in [1.807, 2.05) is 37.3 Å². The van der Waals surface area contributed by atoms with Gasteiger partial charge in [0.1, 0.15) is 18.5 Å². The molecule has 4 N–H and O–H groups in total. The van der Waals surface area contributed by atoms with Gasteiger partial charge < -0.3 is 25.6 Å². The molecule has 10 nitrogen and oxygen atoms in total. The number of aliphatic hydroxyl groups is 2. The lowest BCUT2D eigenvalue weighted by Crippen LogP contribution is -2.42. The number of hydrogen-bond donors (Lipinski definition) is 4. The lowest BCUT2D eigenvalue weighted by Gasteiger charge is -2.17. The molecule has 0 radical (unpaired) electrons. The molecule has 1 fully saturated rings. The van der Waals surface area contributed by atoms with Crippen molar-refractivity contribution in [3.05, 3.63) is 48.5 Å². The van der Waals surface area contributed by atoms with Crippen molar-refractivity contribution in [1.82, 2.24) is 24.8 Å². The van der Waals surface area contributed by atoms with Gasteiger partial charge in [0.25, 0.3) is 5.91 Å². The fraction of sp³-hybridized carbons (Fsp3) is 0.400. The van der Waals surface area contributed by atoms with Crippen LogP contribution in [-0.2, 0) is 9.53 Å². The Morgan fingerprint density at radius 3 is 2.70 bits per heavy atom. The maximum Gasteiger partial charge on any atom is 0.252 e. The summed E-state index contributed by atoms with van der Waals surface area (Å²) in [6.45, 7) is 4.16. The standard InChI is InChI=1S/C20H24N6O4/c1-3-21-19(29)16-14(27)15(28)20(30-16)26-10-24-13-17(22-9-23-18(13)26)25-11(2)12-7-5-4-6-8-12/h4-11,14-16,20,27-28H,3H2,1-2H3,(H,21,29)(H,22,23,25)/t11-,14+,15+,16-,20+/m1/s1. The van der Waals surface area contributed by atoms with Crippen LogP contribution >= 0.6 is 0 Å². The molecule has 30 heavy (non-hydrogen) atoms. The first kappa shape index (κ1) is 20.2. The van der Waals surface area contributed by atoms with Crippen molar-refractivity contribution in [2.75, 3.05) is 11.9 Å². The molecule has 1 aliphatic heterocycles. The molecule has 10 heteroatoms. The van der Waals surface area contributed by atoms with Gasteiger partial charge in [-0.15, -0.1) is 0 Å². The molecule has 0 aliphatic carbocycles. The number of anilines is 1. The van der Waals surface area contributed by atoms with Crippen LogP contribution in [0.25, 0.3) is 11.2 Å². The van der Waals surface area contributed by atoms with Gasteiger partial charge in [-0.25, -0.2) is 15.0 Å². The smallest absolute Gasteiger partial charge is 0.252 e. The van der Waals surface area contributed by atoms with Crippen LogP contribution in [0.4, 0.5) is 5.82 Å². The van der Waals surface area contributed by atoms with E-state index >= 15 is 0 Å². The van der Waals surface area contributed by atoms with Crippen LogP contribution in [0.1, 0.15) is 31.7 Å². The van der Waals surface area contributed by atoms with Crippen LogP contribution in [0.2, 0.25) is 0 Å². The number of aliphatic hydroxyl groups excluding tert-OH is 2. The summed E-state index contributed by atoms with van der Waals surface area (Å²) < 4.78 is 7.18. The Kier molecular flexibility index (Phi) is 5.62. The molecule has 0 spiro atoms. The molecule has 4 rings (SSSR count). The number of aromatic nitrogens is 4. The summed E-state index contributed by atoms with van der Waals surface area (Å²) in [7, 11) is 0. The van der Waals surface area contributed by atoms with Crippen LogP contribution in [0.3, 0.4) is 0 Å². The van der Waals surface area contributed by atoms with E-state index in [0.717, 1.165) is 5.56 Å². The van der Waals surface area contributed by atoms with Gasteiger partial charge in [-0.3, -0.25) is 9.36 Å². The van der Waals surface area contributed by atoms with Crippen molar-refractivity contribution in [2.45, 2.75) is 44.4 Å². The minimum atomic E-state index is -1.36. The number of nitrogens with one attached hydrogen (secondary N) is 2. The fourth-order valence-corrected chi connectivity index (χ4v) is 3.55. The van der Waals surface area contributed by atoms with E-state index in [4.69, 9.17) is 4.74 Å². The lowest BCUT2D eigenvalue weighted by molar-refractivity contribution is -0.137. The summed E-state index contributed by atoms with van der Waals surface area (Å²) in [5, 5.41) is 26.7. The number of benzene rings is 1. The molecular weight excluding hydrogens is 388 g/mol. The molecule has 3 aromatic rings. The van der Waals surface area contributed by atoms with Gasteiger partial charge in [0.2, 0.25) is 0 Å². The lowest BCUT2D eigenvalue weighted by atomic mass is 10.1. The first-order valence-electron chi connectivity index (χ1n) is 9.79. The van der Waals surface area contributed by atoms with Crippen molar-refractivity contribution in [3.63, 3.8) is 0 Å². The van der Waals surface area contributed by atoms with Crippen molar-refractivity contribution in [2.24, 2.45) is 0 Å². The highest BCUT2D eigenvalue weighted by Crippen LogP contribution is 2.33. The van der Waals surface area contributed by atoms with Gasteiger partial charge in [-0.2, -0.15) is 0 Å². The second-order valence-electron chi connectivity index (χ2n) is 7.15. The molecule has 0 unspecified atom stereocenters.